The fourth-order valence-electron chi connectivity index (χ4n) is 2.22. The summed E-state index contributed by atoms with van der Waals surface area (Å²) in [6.07, 6.45) is 0.654. The largest absolute Gasteiger partial charge is 0.456 e. The molecule has 1 aromatic carbocycles. The number of hydrogen-bond donors (Lipinski definition) is 1. The molecule has 0 saturated carbocycles. The van der Waals surface area contributed by atoms with E-state index in [4.69, 9.17) is 9.26 Å². The Balaban J connectivity index is 1.76. The number of hydrogen-bond acceptors (Lipinski definition) is 5. The topological polar surface area (TPSA) is 81.4 Å². The van der Waals surface area contributed by atoms with Crippen molar-refractivity contribution in [2.45, 2.75) is 33.6 Å². The second-order valence-electron chi connectivity index (χ2n) is 5.48. The van der Waals surface area contributed by atoms with Gasteiger partial charge in [-0.2, -0.15) is 0 Å². The van der Waals surface area contributed by atoms with Crippen LogP contribution in [0.25, 0.3) is 0 Å². The van der Waals surface area contributed by atoms with Crippen LogP contribution >= 0.6 is 15.9 Å². The third-order valence-corrected chi connectivity index (χ3v) is 4.46. The molecule has 0 aliphatic carbocycles. The molecular weight excluding hydrogens is 376 g/mol. The molecule has 0 spiro atoms. The number of anilines is 1. The smallest absolute Gasteiger partial charge is 0.306 e. The maximum absolute atomic E-state index is 11.8. The molecule has 1 heterocycles. The van der Waals surface area contributed by atoms with E-state index >= 15 is 0 Å². The van der Waals surface area contributed by atoms with Crippen molar-refractivity contribution in [2.24, 2.45) is 0 Å². The monoisotopic (exact) mass is 394 g/mol. The van der Waals surface area contributed by atoms with Gasteiger partial charge >= 0.3 is 5.97 Å². The minimum absolute atomic E-state index is 0.174. The minimum Gasteiger partial charge on any atom is -0.456 e. The number of amides is 1. The molecule has 0 saturated heterocycles. The minimum atomic E-state index is -0.433. The molecule has 6 nitrogen and oxygen atoms in total. The summed E-state index contributed by atoms with van der Waals surface area (Å²) in [5.74, 6) is -0.108. The van der Waals surface area contributed by atoms with E-state index in [0.717, 1.165) is 21.3 Å². The van der Waals surface area contributed by atoms with Gasteiger partial charge in [0.15, 0.2) is 6.61 Å². The molecule has 0 unspecified atom stereocenters. The van der Waals surface area contributed by atoms with Gasteiger partial charge in [-0.05, 0) is 51.0 Å². The SMILES string of the molecule is Cc1cc(NC(=O)COC(=O)CCc2c(C)noc2C)ccc1Br. The van der Waals surface area contributed by atoms with E-state index in [-0.39, 0.29) is 18.9 Å². The number of nitrogens with one attached hydrogen (secondary N) is 1. The van der Waals surface area contributed by atoms with Crippen LogP contribution in [0.1, 0.15) is 29.0 Å². The van der Waals surface area contributed by atoms with E-state index in [1.54, 1.807) is 13.0 Å². The molecule has 128 valence electrons. The first-order valence-corrected chi connectivity index (χ1v) is 8.29. The van der Waals surface area contributed by atoms with Crippen LogP contribution in [0.3, 0.4) is 0 Å². The van der Waals surface area contributed by atoms with Gasteiger partial charge in [0.1, 0.15) is 5.76 Å². The van der Waals surface area contributed by atoms with Gasteiger partial charge in [0, 0.05) is 22.1 Å². The molecule has 0 fully saturated rings. The van der Waals surface area contributed by atoms with E-state index in [1.165, 1.54) is 0 Å². The van der Waals surface area contributed by atoms with Crippen LogP contribution < -0.4 is 5.32 Å². The van der Waals surface area contributed by atoms with E-state index < -0.39 is 5.97 Å². The van der Waals surface area contributed by atoms with Gasteiger partial charge in [-0.15, -0.1) is 0 Å². The molecule has 1 aromatic heterocycles. The fraction of sp³-hybridized carbons (Fsp3) is 0.353. The highest BCUT2D eigenvalue weighted by molar-refractivity contribution is 9.10. The third-order valence-electron chi connectivity index (χ3n) is 3.57. The molecule has 1 N–H and O–H groups in total. The fourth-order valence-corrected chi connectivity index (χ4v) is 2.47. The summed E-state index contributed by atoms with van der Waals surface area (Å²) in [6.45, 7) is 5.24. The first kappa shape index (κ1) is 18.2. The van der Waals surface area contributed by atoms with Crippen molar-refractivity contribution in [1.82, 2.24) is 5.16 Å². The van der Waals surface area contributed by atoms with Crippen LogP contribution in [0.4, 0.5) is 5.69 Å². The Labute approximate surface area is 148 Å². The summed E-state index contributed by atoms with van der Waals surface area (Å²) in [5.41, 5.74) is 3.34. The van der Waals surface area contributed by atoms with Crippen LogP contribution in [0.15, 0.2) is 27.2 Å². The molecule has 2 rings (SSSR count). The third kappa shape index (κ3) is 4.92. The van der Waals surface area contributed by atoms with Gasteiger partial charge in [-0.1, -0.05) is 21.1 Å². The molecule has 0 aliphatic rings. The first-order chi connectivity index (χ1) is 11.4. The van der Waals surface area contributed by atoms with Crippen molar-refractivity contribution in [1.29, 1.82) is 0 Å². The number of benzene rings is 1. The van der Waals surface area contributed by atoms with Gasteiger partial charge < -0.3 is 14.6 Å². The lowest BCUT2D eigenvalue weighted by Gasteiger charge is -2.08. The lowest BCUT2D eigenvalue weighted by molar-refractivity contribution is -0.147. The van der Waals surface area contributed by atoms with Gasteiger partial charge in [-0.3, -0.25) is 9.59 Å². The number of rotatable bonds is 6. The van der Waals surface area contributed by atoms with Crippen LogP contribution in [0.5, 0.6) is 0 Å². The van der Waals surface area contributed by atoms with Crippen LogP contribution in [-0.2, 0) is 20.7 Å². The molecule has 0 radical (unpaired) electrons. The second-order valence-corrected chi connectivity index (χ2v) is 6.33. The zero-order chi connectivity index (χ0) is 17.7. The second kappa shape index (κ2) is 8.10. The van der Waals surface area contributed by atoms with E-state index in [0.29, 0.717) is 17.9 Å². The van der Waals surface area contributed by atoms with E-state index in [1.807, 2.05) is 26.0 Å². The van der Waals surface area contributed by atoms with Crippen molar-refractivity contribution >= 4 is 33.5 Å². The zero-order valence-electron chi connectivity index (χ0n) is 13.8. The number of aryl methyl sites for hydroxylation is 3. The maximum atomic E-state index is 11.8. The summed E-state index contributed by atoms with van der Waals surface area (Å²) >= 11 is 3.40. The molecular formula is C17H19BrN2O4. The van der Waals surface area contributed by atoms with Crippen molar-refractivity contribution < 1.29 is 18.8 Å². The summed E-state index contributed by atoms with van der Waals surface area (Å²) in [5, 5.41) is 6.53. The maximum Gasteiger partial charge on any atom is 0.306 e. The molecule has 0 atom stereocenters. The number of aromatic nitrogens is 1. The molecule has 0 bridgehead atoms. The lowest BCUT2D eigenvalue weighted by Crippen LogP contribution is -2.21. The summed E-state index contributed by atoms with van der Waals surface area (Å²) in [4.78, 5) is 23.6. The highest BCUT2D eigenvalue weighted by Crippen LogP contribution is 2.20. The quantitative estimate of drug-likeness (QED) is 0.758. The summed E-state index contributed by atoms with van der Waals surface area (Å²) < 4.78 is 11.0. The number of ether oxygens (including phenoxy) is 1. The Kier molecular flexibility index (Phi) is 6.14. The van der Waals surface area contributed by atoms with Gasteiger partial charge in [0.2, 0.25) is 0 Å². The van der Waals surface area contributed by atoms with Gasteiger partial charge in [0.05, 0.1) is 5.69 Å². The Morgan fingerprint density at radius 2 is 2.04 bits per heavy atom. The van der Waals surface area contributed by atoms with E-state index in [9.17, 15) is 9.59 Å². The van der Waals surface area contributed by atoms with Gasteiger partial charge in [-0.25, -0.2) is 0 Å². The van der Waals surface area contributed by atoms with Crippen LogP contribution in [-0.4, -0.2) is 23.6 Å². The Morgan fingerprint density at radius 3 is 2.67 bits per heavy atom. The number of halogens is 1. The Bertz CT molecular complexity index is 736. The Morgan fingerprint density at radius 1 is 1.29 bits per heavy atom. The zero-order valence-corrected chi connectivity index (χ0v) is 15.4. The van der Waals surface area contributed by atoms with Crippen molar-refractivity contribution in [3.8, 4) is 0 Å². The summed E-state index contributed by atoms with van der Waals surface area (Å²) in [7, 11) is 0. The molecule has 7 heteroatoms. The van der Waals surface area contributed by atoms with Crippen LogP contribution in [0.2, 0.25) is 0 Å². The molecule has 1 amide bonds. The molecule has 24 heavy (non-hydrogen) atoms. The van der Waals surface area contributed by atoms with Crippen molar-refractivity contribution in [2.75, 3.05) is 11.9 Å². The van der Waals surface area contributed by atoms with Crippen molar-refractivity contribution in [3.63, 3.8) is 0 Å². The highest BCUT2D eigenvalue weighted by Gasteiger charge is 2.13. The lowest BCUT2D eigenvalue weighted by atomic mass is 10.1. The predicted molar refractivity (Wildman–Crippen MR) is 92.8 cm³/mol. The highest BCUT2D eigenvalue weighted by atomic mass is 79.9. The number of carbonyl (C=O) groups is 2. The van der Waals surface area contributed by atoms with Crippen molar-refractivity contribution in [3.05, 3.63) is 45.3 Å². The predicted octanol–water partition coefficient (Wildman–Crippen LogP) is 3.48. The van der Waals surface area contributed by atoms with Crippen LogP contribution in [0, 0.1) is 20.8 Å². The number of esters is 1. The summed E-state index contributed by atoms with van der Waals surface area (Å²) in [6, 6.07) is 5.45. The normalized spacial score (nSPS) is 10.5. The molecule has 0 aliphatic heterocycles. The molecule has 2 aromatic rings. The standard InChI is InChI=1S/C17H19BrN2O4/c1-10-8-13(4-6-15(10)18)19-16(21)9-23-17(22)7-5-14-11(2)20-24-12(14)3/h4,6,8H,5,7,9H2,1-3H3,(H,19,21). The average molecular weight is 395 g/mol. The Hall–Kier alpha value is -2.15. The van der Waals surface area contributed by atoms with Gasteiger partial charge in [0.25, 0.3) is 5.91 Å². The van der Waals surface area contributed by atoms with E-state index in [2.05, 4.69) is 26.4 Å². The average Bonchev–Trinajstić information content (AvgIpc) is 2.85. The first-order valence-electron chi connectivity index (χ1n) is 7.50. The number of nitrogens with zero attached hydrogens (tertiary/aromatic N) is 1. The number of carbonyl (C=O) groups excluding carboxylic acids is 2.